The van der Waals surface area contributed by atoms with Gasteiger partial charge < -0.3 is 9.72 Å². The summed E-state index contributed by atoms with van der Waals surface area (Å²) >= 11 is 5.86. The maximum Gasteiger partial charge on any atom is 0.331 e. The first-order valence-corrected chi connectivity index (χ1v) is 8.01. The molecular formula is C19H18ClNO4. The van der Waals surface area contributed by atoms with Crippen LogP contribution in [0.15, 0.2) is 30.3 Å². The van der Waals surface area contributed by atoms with E-state index >= 15 is 0 Å². The van der Waals surface area contributed by atoms with E-state index in [-0.39, 0.29) is 11.5 Å². The largest absolute Gasteiger partial charge is 0.454 e. The molecule has 0 saturated carbocycles. The second kappa shape index (κ2) is 7.94. The van der Waals surface area contributed by atoms with Crippen molar-refractivity contribution in [3.63, 3.8) is 0 Å². The summed E-state index contributed by atoms with van der Waals surface area (Å²) in [5, 5.41) is 0.560. The molecule has 0 aliphatic carbocycles. The molecule has 1 N–H and O–H groups in total. The normalized spacial score (nSPS) is 10.9. The highest BCUT2D eigenvalue weighted by Crippen LogP contribution is 2.19. The lowest BCUT2D eigenvalue weighted by Crippen LogP contribution is -2.14. The van der Waals surface area contributed by atoms with E-state index in [1.165, 1.54) is 13.0 Å². The van der Waals surface area contributed by atoms with Crippen LogP contribution in [-0.4, -0.2) is 29.1 Å². The number of esters is 1. The van der Waals surface area contributed by atoms with Crippen LogP contribution in [0.25, 0.3) is 6.08 Å². The summed E-state index contributed by atoms with van der Waals surface area (Å²) < 4.78 is 4.96. The van der Waals surface area contributed by atoms with Crippen LogP contribution in [0, 0.1) is 13.8 Å². The fourth-order valence-corrected chi connectivity index (χ4v) is 2.79. The number of carbonyl (C=O) groups excluding carboxylic acids is 3. The standard InChI is InChI=1S/C19H18ClNO4/c1-11-18(13(3)22)12(2)21-19(11)16(23)10-25-17(24)8-7-14-5-4-6-15(20)9-14/h4-9,21H,10H2,1-3H3/b8-7+. The van der Waals surface area contributed by atoms with Crippen molar-refractivity contribution in [2.24, 2.45) is 0 Å². The molecule has 2 rings (SSSR count). The number of aromatic nitrogens is 1. The molecule has 0 saturated heterocycles. The number of aryl methyl sites for hydroxylation is 1. The van der Waals surface area contributed by atoms with E-state index in [1.54, 1.807) is 44.2 Å². The Morgan fingerprint density at radius 1 is 1.24 bits per heavy atom. The molecule has 1 aromatic carbocycles. The van der Waals surface area contributed by atoms with Gasteiger partial charge in [0.05, 0.1) is 5.69 Å². The molecule has 25 heavy (non-hydrogen) atoms. The maximum atomic E-state index is 12.2. The van der Waals surface area contributed by atoms with Gasteiger partial charge in [0.2, 0.25) is 5.78 Å². The number of ketones is 2. The lowest BCUT2D eigenvalue weighted by molar-refractivity contribution is -0.136. The monoisotopic (exact) mass is 359 g/mol. The molecular weight excluding hydrogens is 342 g/mol. The molecule has 1 aromatic heterocycles. The second-order valence-electron chi connectivity index (χ2n) is 5.60. The highest BCUT2D eigenvalue weighted by Gasteiger charge is 2.20. The summed E-state index contributed by atoms with van der Waals surface area (Å²) in [6.07, 6.45) is 2.78. The van der Waals surface area contributed by atoms with Crippen LogP contribution in [0.5, 0.6) is 0 Å². The van der Waals surface area contributed by atoms with E-state index in [1.807, 2.05) is 0 Å². The third-order valence-electron chi connectivity index (χ3n) is 3.67. The van der Waals surface area contributed by atoms with Crippen LogP contribution >= 0.6 is 11.6 Å². The molecule has 0 atom stereocenters. The number of carbonyl (C=O) groups is 3. The molecule has 6 heteroatoms. The van der Waals surface area contributed by atoms with E-state index in [0.29, 0.717) is 21.8 Å². The van der Waals surface area contributed by atoms with E-state index in [2.05, 4.69) is 4.98 Å². The fraction of sp³-hybridized carbons (Fsp3) is 0.211. The molecule has 0 spiro atoms. The highest BCUT2D eigenvalue weighted by atomic mass is 35.5. The number of halogens is 1. The zero-order valence-electron chi connectivity index (χ0n) is 14.2. The van der Waals surface area contributed by atoms with Gasteiger partial charge in [0, 0.05) is 22.4 Å². The Hall–Kier alpha value is -2.66. The first-order valence-electron chi connectivity index (χ1n) is 7.63. The fourth-order valence-electron chi connectivity index (χ4n) is 2.59. The topological polar surface area (TPSA) is 76.2 Å². The second-order valence-corrected chi connectivity index (χ2v) is 6.04. The minimum absolute atomic E-state index is 0.119. The minimum atomic E-state index is -0.638. The van der Waals surface area contributed by atoms with Crippen molar-refractivity contribution in [2.75, 3.05) is 6.61 Å². The quantitative estimate of drug-likeness (QED) is 0.481. The van der Waals surface area contributed by atoms with Crippen molar-refractivity contribution in [3.8, 4) is 0 Å². The van der Waals surface area contributed by atoms with Crippen LogP contribution in [-0.2, 0) is 9.53 Å². The number of nitrogens with one attached hydrogen (secondary N) is 1. The third-order valence-corrected chi connectivity index (χ3v) is 3.91. The van der Waals surface area contributed by atoms with Crippen LogP contribution in [0.3, 0.4) is 0 Å². The Morgan fingerprint density at radius 3 is 2.56 bits per heavy atom. The average molecular weight is 360 g/mol. The van der Waals surface area contributed by atoms with Gasteiger partial charge >= 0.3 is 5.97 Å². The number of rotatable bonds is 6. The average Bonchev–Trinajstić information content (AvgIpc) is 2.85. The summed E-state index contributed by atoms with van der Waals surface area (Å²) in [6.45, 7) is 4.45. The molecule has 130 valence electrons. The zero-order chi connectivity index (χ0) is 18.6. The van der Waals surface area contributed by atoms with Gasteiger partial charge in [0.1, 0.15) is 0 Å². The van der Waals surface area contributed by atoms with Gasteiger partial charge in [-0.15, -0.1) is 0 Å². The molecule has 1 heterocycles. The van der Waals surface area contributed by atoms with Gasteiger partial charge in [-0.2, -0.15) is 0 Å². The minimum Gasteiger partial charge on any atom is -0.454 e. The van der Waals surface area contributed by atoms with Gasteiger partial charge in [0.25, 0.3) is 0 Å². The highest BCUT2D eigenvalue weighted by molar-refractivity contribution is 6.30. The summed E-state index contributed by atoms with van der Waals surface area (Å²) in [5.74, 6) is -1.15. The number of hydrogen-bond donors (Lipinski definition) is 1. The van der Waals surface area contributed by atoms with E-state index in [0.717, 1.165) is 5.56 Å². The van der Waals surface area contributed by atoms with Gasteiger partial charge in [-0.3, -0.25) is 9.59 Å². The van der Waals surface area contributed by atoms with Crippen molar-refractivity contribution in [1.29, 1.82) is 0 Å². The summed E-state index contributed by atoms with van der Waals surface area (Å²) in [7, 11) is 0. The molecule has 0 radical (unpaired) electrons. The van der Waals surface area contributed by atoms with Crippen molar-refractivity contribution in [2.45, 2.75) is 20.8 Å². The zero-order valence-corrected chi connectivity index (χ0v) is 14.9. The Kier molecular flexibility index (Phi) is 5.93. The molecule has 2 aromatic rings. The summed E-state index contributed by atoms with van der Waals surface area (Å²) in [5.41, 5.74) is 2.73. The van der Waals surface area contributed by atoms with Crippen LogP contribution in [0.4, 0.5) is 0 Å². The van der Waals surface area contributed by atoms with Crippen molar-refractivity contribution in [1.82, 2.24) is 4.98 Å². The number of aromatic amines is 1. The Balaban J connectivity index is 1.99. The molecule has 0 aliphatic rings. The molecule has 0 fully saturated rings. The molecule has 5 nitrogen and oxygen atoms in total. The van der Waals surface area contributed by atoms with E-state index in [4.69, 9.17) is 16.3 Å². The predicted molar refractivity (Wildman–Crippen MR) is 96.0 cm³/mol. The maximum absolute atomic E-state index is 12.2. The Labute approximate surface area is 150 Å². The summed E-state index contributed by atoms with van der Waals surface area (Å²) in [6, 6.07) is 6.98. The molecule has 0 bridgehead atoms. The van der Waals surface area contributed by atoms with Crippen molar-refractivity contribution < 1.29 is 19.1 Å². The van der Waals surface area contributed by atoms with Crippen LogP contribution < -0.4 is 0 Å². The van der Waals surface area contributed by atoms with Gasteiger partial charge in [-0.1, -0.05) is 23.7 Å². The van der Waals surface area contributed by atoms with Crippen molar-refractivity contribution in [3.05, 3.63) is 63.4 Å². The number of hydrogen-bond acceptors (Lipinski definition) is 4. The van der Waals surface area contributed by atoms with Gasteiger partial charge in [0.15, 0.2) is 12.4 Å². The smallest absolute Gasteiger partial charge is 0.331 e. The van der Waals surface area contributed by atoms with Crippen LogP contribution in [0.2, 0.25) is 5.02 Å². The SMILES string of the molecule is CC(=O)c1c(C)[nH]c(C(=O)COC(=O)/C=C/c2cccc(Cl)c2)c1C. The number of Topliss-reactive ketones (excluding diaryl/α,β-unsaturated/α-hetero) is 2. The van der Waals surface area contributed by atoms with E-state index in [9.17, 15) is 14.4 Å². The van der Waals surface area contributed by atoms with Crippen LogP contribution in [0.1, 0.15) is 44.6 Å². The molecule has 0 unspecified atom stereocenters. The number of H-pyrrole nitrogens is 1. The van der Waals surface area contributed by atoms with Gasteiger partial charge in [-0.25, -0.2) is 4.79 Å². The first-order chi connectivity index (χ1) is 11.8. The molecule has 0 aliphatic heterocycles. The van der Waals surface area contributed by atoms with Gasteiger partial charge in [-0.05, 0) is 50.1 Å². The Morgan fingerprint density at radius 2 is 1.96 bits per heavy atom. The summed E-state index contributed by atoms with van der Waals surface area (Å²) in [4.78, 5) is 38.4. The predicted octanol–water partition coefficient (Wildman–Crippen LogP) is 3.93. The lowest BCUT2D eigenvalue weighted by Gasteiger charge is -2.02. The lowest BCUT2D eigenvalue weighted by atomic mass is 10.1. The number of ether oxygens (including phenoxy) is 1. The van der Waals surface area contributed by atoms with E-state index < -0.39 is 18.4 Å². The van der Waals surface area contributed by atoms with Crippen molar-refractivity contribution >= 4 is 35.2 Å². The number of benzene rings is 1. The molecule has 0 amide bonds. The Bertz CT molecular complexity index is 864. The third kappa shape index (κ3) is 4.67. The first kappa shape index (κ1) is 18.7.